The molecule has 0 radical (unpaired) electrons. The largest absolute Gasteiger partial charge is 0.353 e. The molecule has 1 N–H and O–H groups in total. The van der Waals surface area contributed by atoms with E-state index in [0.29, 0.717) is 6.04 Å². The van der Waals surface area contributed by atoms with Crippen LogP contribution in [0.4, 0.5) is 5.95 Å². The van der Waals surface area contributed by atoms with Gasteiger partial charge in [-0.15, -0.1) is 0 Å². The summed E-state index contributed by atoms with van der Waals surface area (Å²) in [7, 11) is -0.739. The molecule has 108 valence electrons. The predicted molar refractivity (Wildman–Crippen MR) is 80.9 cm³/mol. The van der Waals surface area contributed by atoms with E-state index in [1.807, 2.05) is 19.3 Å². The van der Waals surface area contributed by atoms with E-state index in [4.69, 9.17) is 0 Å². The normalized spacial score (nSPS) is 20.1. The molecule has 2 atom stereocenters. The van der Waals surface area contributed by atoms with Gasteiger partial charge in [-0.2, -0.15) is 0 Å². The van der Waals surface area contributed by atoms with Crippen LogP contribution in [0.1, 0.15) is 45.4 Å². The summed E-state index contributed by atoms with van der Waals surface area (Å²) in [4.78, 5) is 4.41. The van der Waals surface area contributed by atoms with Crippen LogP contribution in [-0.4, -0.2) is 31.3 Å². The second-order valence-corrected chi connectivity index (χ2v) is 7.32. The number of nitrogens with zero attached hydrogens (tertiary/aromatic N) is 2. The van der Waals surface area contributed by atoms with Gasteiger partial charge in [0.2, 0.25) is 5.95 Å². The monoisotopic (exact) mass is 283 g/mol. The van der Waals surface area contributed by atoms with Crippen LogP contribution in [-0.2, 0) is 17.3 Å². The molecule has 19 heavy (non-hydrogen) atoms. The SMILES string of the molecule is CC(CCn1ccnc1NC1CCCCC1)S(C)=O. The average molecular weight is 283 g/mol. The Kier molecular flexibility index (Phi) is 5.43. The summed E-state index contributed by atoms with van der Waals surface area (Å²) in [5.41, 5.74) is 0. The van der Waals surface area contributed by atoms with Gasteiger partial charge in [0.25, 0.3) is 0 Å². The van der Waals surface area contributed by atoms with Crippen LogP contribution < -0.4 is 5.32 Å². The van der Waals surface area contributed by atoms with Crippen molar-refractivity contribution >= 4 is 16.7 Å². The molecule has 0 aliphatic heterocycles. The zero-order chi connectivity index (χ0) is 13.7. The van der Waals surface area contributed by atoms with Crippen molar-refractivity contribution in [1.29, 1.82) is 0 Å². The summed E-state index contributed by atoms with van der Waals surface area (Å²) in [5, 5.41) is 3.80. The number of rotatable bonds is 6. The van der Waals surface area contributed by atoms with E-state index in [1.165, 1.54) is 32.1 Å². The first-order valence-electron chi connectivity index (χ1n) is 7.26. The zero-order valence-electron chi connectivity index (χ0n) is 12.0. The molecule has 1 aromatic heterocycles. The average Bonchev–Trinajstić information content (AvgIpc) is 2.84. The van der Waals surface area contributed by atoms with Crippen LogP contribution in [0.15, 0.2) is 12.4 Å². The second kappa shape index (κ2) is 7.08. The summed E-state index contributed by atoms with van der Waals surface area (Å²) >= 11 is 0. The van der Waals surface area contributed by atoms with Gasteiger partial charge >= 0.3 is 0 Å². The van der Waals surface area contributed by atoms with Crippen molar-refractivity contribution in [1.82, 2.24) is 9.55 Å². The number of hydrogen-bond donors (Lipinski definition) is 1. The Morgan fingerprint density at radius 2 is 2.21 bits per heavy atom. The molecule has 1 saturated carbocycles. The molecular weight excluding hydrogens is 258 g/mol. The van der Waals surface area contributed by atoms with Crippen LogP contribution in [0.5, 0.6) is 0 Å². The van der Waals surface area contributed by atoms with E-state index in [-0.39, 0.29) is 5.25 Å². The summed E-state index contributed by atoms with van der Waals surface area (Å²) in [6, 6.07) is 0.577. The van der Waals surface area contributed by atoms with Gasteiger partial charge in [0.1, 0.15) is 0 Å². The highest BCUT2D eigenvalue weighted by atomic mass is 32.2. The number of anilines is 1. The van der Waals surface area contributed by atoms with Crippen molar-refractivity contribution < 1.29 is 4.21 Å². The number of aryl methyl sites for hydroxylation is 1. The van der Waals surface area contributed by atoms with Crippen molar-refractivity contribution in [3.05, 3.63) is 12.4 Å². The van der Waals surface area contributed by atoms with Gasteiger partial charge in [0, 0.05) is 47.3 Å². The lowest BCUT2D eigenvalue weighted by atomic mass is 9.96. The Balaban J connectivity index is 1.88. The smallest absolute Gasteiger partial charge is 0.202 e. The molecule has 4 nitrogen and oxygen atoms in total. The van der Waals surface area contributed by atoms with E-state index in [0.717, 1.165) is 18.9 Å². The third kappa shape index (κ3) is 4.34. The van der Waals surface area contributed by atoms with Crippen molar-refractivity contribution in [2.75, 3.05) is 11.6 Å². The Bertz CT molecular complexity index is 413. The van der Waals surface area contributed by atoms with E-state index in [9.17, 15) is 4.21 Å². The highest BCUT2D eigenvalue weighted by Crippen LogP contribution is 2.21. The molecule has 2 rings (SSSR count). The van der Waals surface area contributed by atoms with Gasteiger partial charge in [-0.25, -0.2) is 4.98 Å². The maximum atomic E-state index is 11.4. The third-order valence-corrected chi connectivity index (χ3v) is 5.37. The van der Waals surface area contributed by atoms with Gasteiger partial charge in [-0.05, 0) is 19.3 Å². The quantitative estimate of drug-likeness (QED) is 0.873. The van der Waals surface area contributed by atoms with Gasteiger partial charge in [0.15, 0.2) is 0 Å². The minimum absolute atomic E-state index is 0.241. The summed E-state index contributed by atoms with van der Waals surface area (Å²) in [6.45, 7) is 2.93. The lowest BCUT2D eigenvalue weighted by Crippen LogP contribution is -2.24. The molecule has 1 aliphatic carbocycles. The van der Waals surface area contributed by atoms with Crippen LogP contribution in [0.2, 0.25) is 0 Å². The number of imidazole rings is 1. The molecule has 1 fully saturated rings. The first kappa shape index (κ1) is 14.6. The number of nitrogens with one attached hydrogen (secondary N) is 1. The van der Waals surface area contributed by atoms with Crippen molar-refractivity contribution in [2.24, 2.45) is 0 Å². The van der Waals surface area contributed by atoms with E-state index >= 15 is 0 Å². The van der Waals surface area contributed by atoms with E-state index in [2.05, 4.69) is 14.9 Å². The minimum atomic E-state index is -0.739. The van der Waals surface area contributed by atoms with Gasteiger partial charge in [-0.1, -0.05) is 26.2 Å². The van der Waals surface area contributed by atoms with Crippen molar-refractivity contribution in [3.63, 3.8) is 0 Å². The fraction of sp³-hybridized carbons (Fsp3) is 0.786. The maximum absolute atomic E-state index is 11.4. The van der Waals surface area contributed by atoms with Gasteiger partial charge in [-0.3, -0.25) is 4.21 Å². The summed E-state index contributed by atoms with van der Waals surface area (Å²) < 4.78 is 13.5. The first-order chi connectivity index (χ1) is 9.16. The van der Waals surface area contributed by atoms with Crippen LogP contribution in [0.3, 0.4) is 0 Å². The molecule has 5 heteroatoms. The standard InChI is InChI=1S/C14H25N3OS/c1-12(19(2)18)8-10-17-11-9-15-14(17)16-13-6-4-3-5-7-13/h9,11-13H,3-8,10H2,1-2H3,(H,15,16). The molecule has 0 amide bonds. The highest BCUT2D eigenvalue weighted by Gasteiger charge is 2.15. The molecule has 1 aromatic rings. The van der Waals surface area contributed by atoms with Gasteiger partial charge in [0.05, 0.1) is 0 Å². The molecular formula is C14H25N3OS. The second-order valence-electron chi connectivity index (χ2n) is 5.52. The zero-order valence-corrected chi connectivity index (χ0v) is 12.8. The Morgan fingerprint density at radius 1 is 1.47 bits per heavy atom. The molecule has 0 spiro atoms. The fourth-order valence-electron chi connectivity index (χ4n) is 2.55. The molecule has 0 aromatic carbocycles. The lowest BCUT2D eigenvalue weighted by Gasteiger charge is -2.23. The lowest BCUT2D eigenvalue weighted by molar-refractivity contribution is 0.458. The molecule has 1 aliphatic rings. The molecule has 2 unspecified atom stereocenters. The first-order valence-corrected chi connectivity index (χ1v) is 8.89. The van der Waals surface area contributed by atoms with Crippen molar-refractivity contribution in [2.45, 2.75) is 63.3 Å². The van der Waals surface area contributed by atoms with Gasteiger partial charge < -0.3 is 9.88 Å². The number of hydrogen-bond acceptors (Lipinski definition) is 3. The molecule has 0 saturated heterocycles. The van der Waals surface area contributed by atoms with Crippen molar-refractivity contribution in [3.8, 4) is 0 Å². The van der Waals surface area contributed by atoms with Crippen LogP contribution >= 0.6 is 0 Å². The van der Waals surface area contributed by atoms with Crippen LogP contribution in [0, 0.1) is 0 Å². The third-order valence-electron chi connectivity index (χ3n) is 4.00. The van der Waals surface area contributed by atoms with E-state index in [1.54, 1.807) is 6.26 Å². The Labute approximate surface area is 118 Å². The highest BCUT2D eigenvalue weighted by molar-refractivity contribution is 7.84. The minimum Gasteiger partial charge on any atom is -0.353 e. The summed E-state index contributed by atoms with van der Waals surface area (Å²) in [5.74, 6) is 0.973. The summed E-state index contributed by atoms with van der Waals surface area (Å²) in [6.07, 6.45) is 13.1. The predicted octanol–water partition coefficient (Wildman–Crippen LogP) is 2.78. The Morgan fingerprint density at radius 3 is 2.89 bits per heavy atom. The molecule has 1 heterocycles. The fourth-order valence-corrected chi connectivity index (χ4v) is 2.98. The topological polar surface area (TPSA) is 46.9 Å². The number of aromatic nitrogens is 2. The maximum Gasteiger partial charge on any atom is 0.202 e. The molecule has 0 bridgehead atoms. The Hall–Kier alpha value is -0.840. The van der Waals surface area contributed by atoms with E-state index < -0.39 is 10.8 Å². The van der Waals surface area contributed by atoms with Crippen LogP contribution in [0.25, 0.3) is 0 Å².